The molecule has 0 bridgehead atoms. The third-order valence-corrected chi connectivity index (χ3v) is 5.30. The van der Waals surface area contributed by atoms with Crippen LogP contribution < -0.4 is 10.6 Å². The smallest absolute Gasteiger partial charge is 0.220 e. The molecule has 2 aliphatic carbocycles. The maximum Gasteiger partial charge on any atom is 0.220 e. The molecule has 0 saturated heterocycles. The Labute approximate surface area is 142 Å². The van der Waals surface area contributed by atoms with E-state index in [9.17, 15) is 13.6 Å². The van der Waals surface area contributed by atoms with Gasteiger partial charge in [0.1, 0.15) is 0 Å². The van der Waals surface area contributed by atoms with Crippen molar-refractivity contribution in [3.05, 3.63) is 35.4 Å². The standard InChI is InChI=1S/C19H26F2N2O/c20-15-8-6-13(12-16(15)21)7-11-19(24)23-18-10-9-17(18)22-14-4-2-1-3-5-14/h6,8,12,14,17-18,22H,1-5,7,9-11H2,(H,23,24)/t17-,18+/m1/s1. The molecule has 3 nitrogen and oxygen atoms in total. The number of amides is 1. The number of benzene rings is 1. The fraction of sp³-hybridized carbons (Fsp3) is 0.632. The molecule has 3 rings (SSSR count). The van der Waals surface area contributed by atoms with Crippen LogP contribution in [0.5, 0.6) is 0 Å². The number of halogens is 2. The highest BCUT2D eigenvalue weighted by atomic mass is 19.2. The van der Waals surface area contributed by atoms with Gasteiger partial charge in [0.2, 0.25) is 5.91 Å². The maximum atomic E-state index is 13.2. The Balaban J connectivity index is 1.40. The molecule has 2 saturated carbocycles. The molecule has 2 fully saturated rings. The summed E-state index contributed by atoms with van der Waals surface area (Å²) in [4.78, 5) is 12.1. The fourth-order valence-corrected chi connectivity index (χ4v) is 3.68. The number of rotatable bonds is 6. The van der Waals surface area contributed by atoms with Crippen molar-refractivity contribution in [3.63, 3.8) is 0 Å². The van der Waals surface area contributed by atoms with Crippen molar-refractivity contribution in [1.82, 2.24) is 10.6 Å². The molecule has 5 heteroatoms. The quantitative estimate of drug-likeness (QED) is 0.835. The summed E-state index contributed by atoms with van der Waals surface area (Å²) in [5, 5.41) is 6.78. The van der Waals surface area contributed by atoms with Crippen LogP contribution in [0.4, 0.5) is 8.78 Å². The molecular weight excluding hydrogens is 310 g/mol. The third kappa shape index (κ3) is 4.53. The van der Waals surface area contributed by atoms with Crippen molar-refractivity contribution in [1.29, 1.82) is 0 Å². The first-order valence-electron chi connectivity index (χ1n) is 9.11. The van der Waals surface area contributed by atoms with Crippen LogP contribution in [0, 0.1) is 11.6 Å². The zero-order valence-electron chi connectivity index (χ0n) is 14.0. The van der Waals surface area contributed by atoms with Gasteiger partial charge in [-0.05, 0) is 49.8 Å². The summed E-state index contributed by atoms with van der Waals surface area (Å²) in [6.45, 7) is 0. The molecule has 0 unspecified atom stereocenters. The molecule has 2 atom stereocenters. The highest BCUT2D eigenvalue weighted by Gasteiger charge is 2.33. The summed E-state index contributed by atoms with van der Waals surface area (Å²) >= 11 is 0. The van der Waals surface area contributed by atoms with Gasteiger partial charge in [-0.2, -0.15) is 0 Å². The molecule has 0 radical (unpaired) electrons. The molecule has 0 aliphatic heterocycles. The zero-order valence-corrected chi connectivity index (χ0v) is 14.0. The van der Waals surface area contributed by atoms with Gasteiger partial charge in [0.05, 0.1) is 0 Å². The molecule has 132 valence electrons. The summed E-state index contributed by atoms with van der Waals surface area (Å²) in [7, 11) is 0. The van der Waals surface area contributed by atoms with Crippen LogP contribution in [0.1, 0.15) is 56.9 Å². The highest BCUT2D eigenvalue weighted by Crippen LogP contribution is 2.24. The number of hydrogen-bond donors (Lipinski definition) is 2. The van der Waals surface area contributed by atoms with E-state index in [2.05, 4.69) is 10.6 Å². The molecule has 2 aliphatic rings. The third-order valence-electron chi connectivity index (χ3n) is 5.30. The fourth-order valence-electron chi connectivity index (χ4n) is 3.68. The van der Waals surface area contributed by atoms with Gasteiger partial charge in [-0.25, -0.2) is 8.78 Å². The Kier molecular flexibility index (Phi) is 5.82. The van der Waals surface area contributed by atoms with Gasteiger partial charge in [-0.15, -0.1) is 0 Å². The Morgan fingerprint density at radius 3 is 2.42 bits per heavy atom. The normalized spacial score (nSPS) is 24.4. The molecule has 0 aromatic heterocycles. The first kappa shape index (κ1) is 17.3. The molecular formula is C19H26F2N2O. The summed E-state index contributed by atoms with van der Waals surface area (Å²) in [5.41, 5.74) is 0.648. The second-order valence-corrected chi connectivity index (χ2v) is 7.11. The van der Waals surface area contributed by atoms with Gasteiger partial charge in [-0.1, -0.05) is 25.3 Å². The van der Waals surface area contributed by atoms with Crippen LogP contribution in [-0.2, 0) is 11.2 Å². The van der Waals surface area contributed by atoms with E-state index in [4.69, 9.17) is 0 Å². The lowest BCUT2D eigenvalue weighted by Gasteiger charge is -2.41. The summed E-state index contributed by atoms with van der Waals surface area (Å²) in [5.74, 6) is -1.72. The van der Waals surface area contributed by atoms with Gasteiger partial charge < -0.3 is 10.6 Å². The van der Waals surface area contributed by atoms with Gasteiger partial charge in [0.15, 0.2) is 11.6 Å². The largest absolute Gasteiger partial charge is 0.352 e. The van der Waals surface area contributed by atoms with E-state index in [-0.39, 0.29) is 11.9 Å². The molecule has 1 amide bonds. The number of carbonyl (C=O) groups is 1. The van der Waals surface area contributed by atoms with Crippen LogP contribution in [0.2, 0.25) is 0 Å². The van der Waals surface area contributed by atoms with Gasteiger partial charge in [0.25, 0.3) is 0 Å². The maximum absolute atomic E-state index is 13.2. The zero-order chi connectivity index (χ0) is 16.9. The number of aryl methyl sites for hydroxylation is 1. The second-order valence-electron chi connectivity index (χ2n) is 7.11. The molecule has 24 heavy (non-hydrogen) atoms. The van der Waals surface area contributed by atoms with Gasteiger partial charge in [0, 0.05) is 24.5 Å². The lowest BCUT2D eigenvalue weighted by molar-refractivity contribution is -0.122. The topological polar surface area (TPSA) is 41.1 Å². The van der Waals surface area contributed by atoms with Crippen molar-refractivity contribution in [2.45, 2.75) is 75.9 Å². The molecule has 1 aromatic carbocycles. The Morgan fingerprint density at radius 2 is 1.75 bits per heavy atom. The van der Waals surface area contributed by atoms with Gasteiger partial charge >= 0.3 is 0 Å². The average Bonchev–Trinajstić information content (AvgIpc) is 2.58. The van der Waals surface area contributed by atoms with Crippen LogP contribution in [0.3, 0.4) is 0 Å². The van der Waals surface area contributed by atoms with E-state index in [1.165, 1.54) is 44.2 Å². The molecule has 0 spiro atoms. The predicted molar refractivity (Wildman–Crippen MR) is 89.6 cm³/mol. The van der Waals surface area contributed by atoms with Crippen LogP contribution in [0.15, 0.2) is 18.2 Å². The minimum Gasteiger partial charge on any atom is -0.352 e. The Bertz CT molecular complexity index is 572. The summed E-state index contributed by atoms with van der Waals surface area (Å²) in [6, 6.07) is 5.01. The first-order valence-corrected chi connectivity index (χ1v) is 9.11. The van der Waals surface area contributed by atoms with Crippen LogP contribution in [-0.4, -0.2) is 24.0 Å². The number of nitrogens with one attached hydrogen (secondary N) is 2. The summed E-state index contributed by atoms with van der Waals surface area (Å²) < 4.78 is 26.1. The molecule has 1 aromatic rings. The SMILES string of the molecule is O=C(CCc1ccc(F)c(F)c1)N[C@H]1CC[C@H]1NC1CCCCC1. The van der Waals surface area contributed by atoms with Crippen LogP contribution >= 0.6 is 0 Å². The first-order chi connectivity index (χ1) is 11.6. The Hall–Kier alpha value is -1.49. The van der Waals surface area contributed by atoms with E-state index in [0.717, 1.165) is 18.9 Å². The van der Waals surface area contributed by atoms with E-state index >= 15 is 0 Å². The summed E-state index contributed by atoms with van der Waals surface area (Å²) in [6.07, 6.45) is 9.29. The van der Waals surface area contributed by atoms with E-state index < -0.39 is 11.6 Å². The highest BCUT2D eigenvalue weighted by molar-refractivity contribution is 5.76. The number of carbonyl (C=O) groups excluding carboxylic acids is 1. The van der Waals surface area contributed by atoms with Crippen molar-refractivity contribution < 1.29 is 13.6 Å². The lowest BCUT2D eigenvalue weighted by Crippen LogP contribution is -2.59. The van der Waals surface area contributed by atoms with Crippen molar-refractivity contribution in [2.75, 3.05) is 0 Å². The predicted octanol–water partition coefficient (Wildman–Crippen LogP) is 3.47. The lowest BCUT2D eigenvalue weighted by atomic mass is 9.84. The molecule has 2 N–H and O–H groups in total. The van der Waals surface area contributed by atoms with Crippen LogP contribution in [0.25, 0.3) is 0 Å². The monoisotopic (exact) mass is 336 g/mol. The molecule has 0 heterocycles. The van der Waals surface area contributed by atoms with Gasteiger partial charge in [-0.3, -0.25) is 4.79 Å². The van der Waals surface area contributed by atoms with Crippen molar-refractivity contribution in [3.8, 4) is 0 Å². The second kappa shape index (κ2) is 8.06. The van der Waals surface area contributed by atoms with E-state index in [0.29, 0.717) is 30.5 Å². The Morgan fingerprint density at radius 1 is 1.00 bits per heavy atom. The minimum absolute atomic E-state index is 0.0140. The number of hydrogen-bond acceptors (Lipinski definition) is 2. The van der Waals surface area contributed by atoms with E-state index in [1.807, 2.05) is 0 Å². The minimum atomic E-state index is -0.858. The van der Waals surface area contributed by atoms with Crippen molar-refractivity contribution in [2.24, 2.45) is 0 Å². The average molecular weight is 336 g/mol. The van der Waals surface area contributed by atoms with E-state index in [1.54, 1.807) is 0 Å². The van der Waals surface area contributed by atoms with Crippen molar-refractivity contribution >= 4 is 5.91 Å².